The van der Waals surface area contributed by atoms with Gasteiger partial charge in [-0.3, -0.25) is 0 Å². The van der Waals surface area contributed by atoms with Crippen LogP contribution in [-0.2, 0) is 5.41 Å². The van der Waals surface area contributed by atoms with Gasteiger partial charge in [-0.05, 0) is 43.4 Å². The molecule has 2 aliphatic rings. The van der Waals surface area contributed by atoms with Gasteiger partial charge in [0.05, 0.1) is 14.2 Å². The van der Waals surface area contributed by atoms with Gasteiger partial charge in [0.15, 0.2) is 11.5 Å². The molecule has 0 saturated carbocycles. The lowest BCUT2D eigenvalue weighted by Gasteiger charge is -2.34. The van der Waals surface area contributed by atoms with Crippen LogP contribution in [0.15, 0.2) is 30.0 Å². The number of hydrogen-bond donors (Lipinski definition) is 1. The molecule has 1 aromatic carbocycles. The van der Waals surface area contributed by atoms with E-state index >= 15 is 0 Å². The summed E-state index contributed by atoms with van der Waals surface area (Å²) in [6.45, 7) is 1.07. The van der Waals surface area contributed by atoms with Gasteiger partial charge < -0.3 is 14.8 Å². The van der Waals surface area contributed by atoms with E-state index in [1.54, 1.807) is 14.2 Å². The standard InChI is InChI=1S/C16H21NO2/c1-18-13-7-6-12(11-14(13)19-2)16-8-4-3-5-15(16)17-10-9-16/h5-7,11,17H,3-4,8-10H2,1-2H3/t16-/m0/s1. The molecule has 0 radical (unpaired) electrons. The fourth-order valence-corrected chi connectivity index (χ4v) is 3.47. The normalized spacial score (nSPS) is 25.3. The zero-order valence-electron chi connectivity index (χ0n) is 11.7. The highest BCUT2D eigenvalue weighted by Gasteiger charge is 2.41. The summed E-state index contributed by atoms with van der Waals surface area (Å²) in [5, 5.41) is 3.55. The molecule has 0 aromatic heterocycles. The van der Waals surface area contributed by atoms with Crippen molar-refractivity contribution in [2.24, 2.45) is 0 Å². The summed E-state index contributed by atoms with van der Waals surface area (Å²) in [4.78, 5) is 0. The second-order valence-corrected chi connectivity index (χ2v) is 5.34. The molecule has 102 valence electrons. The maximum atomic E-state index is 5.45. The molecule has 1 N–H and O–H groups in total. The average Bonchev–Trinajstić information content (AvgIpc) is 2.91. The Bertz CT molecular complexity index is 509. The second-order valence-electron chi connectivity index (χ2n) is 5.34. The van der Waals surface area contributed by atoms with E-state index in [4.69, 9.17) is 9.47 Å². The van der Waals surface area contributed by atoms with Crippen molar-refractivity contribution >= 4 is 0 Å². The quantitative estimate of drug-likeness (QED) is 0.905. The lowest BCUT2D eigenvalue weighted by atomic mass is 9.71. The van der Waals surface area contributed by atoms with Crippen molar-refractivity contribution < 1.29 is 9.47 Å². The fourth-order valence-electron chi connectivity index (χ4n) is 3.47. The maximum absolute atomic E-state index is 5.45. The minimum Gasteiger partial charge on any atom is -0.493 e. The highest BCUT2D eigenvalue weighted by Crippen LogP contribution is 2.47. The van der Waals surface area contributed by atoms with Crippen LogP contribution < -0.4 is 14.8 Å². The van der Waals surface area contributed by atoms with Crippen molar-refractivity contribution in [3.05, 3.63) is 35.5 Å². The number of methoxy groups -OCH3 is 2. The Morgan fingerprint density at radius 1 is 1.11 bits per heavy atom. The first-order valence-electron chi connectivity index (χ1n) is 6.97. The molecule has 0 bridgehead atoms. The van der Waals surface area contributed by atoms with Crippen LogP contribution in [0.1, 0.15) is 31.2 Å². The SMILES string of the molecule is COc1ccc([C@@]23CCCC=C2NCC3)cc1OC. The lowest BCUT2D eigenvalue weighted by molar-refractivity contribution is 0.352. The molecule has 1 aliphatic heterocycles. The summed E-state index contributed by atoms with van der Waals surface area (Å²) in [6, 6.07) is 6.35. The lowest BCUT2D eigenvalue weighted by Crippen LogP contribution is -2.29. The third-order valence-corrected chi connectivity index (χ3v) is 4.48. The summed E-state index contributed by atoms with van der Waals surface area (Å²) >= 11 is 0. The van der Waals surface area contributed by atoms with Gasteiger partial charge >= 0.3 is 0 Å². The van der Waals surface area contributed by atoms with Gasteiger partial charge in [0, 0.05) is 17.7 Å². The molecule has 1 saturated heterocycles. The number of hydrogen-bond acceptors (Lipinski definition) is 3. The van der Waals surface area contributed by atoms with E-state index in [2.05, 4.69) is 23.5 Å². The highest BCUT2D eigenvalue weighted by atomic mass is 16.5. The van der Waals surface area contributed by atoms with Crippen LogP contribution in [0.4, 0.5) is 0 Å². The van der Waals surface area contributed by atoms with Gasteiger partial charge in [-0.2, -0.15) is 0 Å². The van der Waals surface area contributed by atoms with Gasteiger partial charge in [0.1, 0.15) is 0 Å². The molecular weight excluding hydrogens is 238 g/mol. The second kappa shape index (κ2) is 4.80. The van der Waals surface area contributed by atoms with Gasteiger partial charge in [-0.15, -0.1) is 0 Å². The van der Waals surface area contributed by atoms with Crippen molar-refractivity contribution in [1.82, 2.24) is 5.32 Å². The van der Waals surface area contributed by atoms with E-state index in [1.807, 2.05) is 6.07 Å². The van der Waals surface area contributed by atoms with Crippen LogP contribution in [0.2, 0.25) is 0 Å². The molecular formula is C16H21NO2. The molecule has 3 heteroatoms. The van der Waals surface area contributed by atoms with Gasteiger partial charge in [0.2, 0.25) is 0 Å². The van der Waals surface area contributed by atoms with Gasteiger partial charge in [0.25, 0.3) is 0 Å². The first-order valence-corrected chi connectivity index (χ1v) is 6.97. The van der Waals surface area contributed by atoms with Crippen molar-refractivity contribution in [3.63, 3.8) is 0 Å². The number of benzene rings is 1. The summed E-state index contributed by atoms with van der Waals surface area (Å²) in [7, 11) is 3.38. The Morgan fingerprint density at radius 3 is 2.74 bits per heavy atom. The molecule has 1 heterocycles. The van der Waals surface area contributed by atoms with Crippen LogP contribution in [0.25, 0.3) is 0 Å². The van der Waals surface area contributed by atoms with E-state index in [1.165, 1.54) is 36.9 Å². The van der Waals surface area contributed by atoms with Gasteiger partial charge in [-0.1, -0.05) is 12.1 Å². The van der Waals surface area contributed by atoms with E-state index in [-0.39, 0.29) is 5.41 Å². The smallest absolute Gasteiger partial charge is 0.161 e. The molecule has 3 nitrogen and oxygen atoms in total. The third-order valence-electron chi connectivity index (χ3n) is 4.48. The summed E-state index contributed by atoms with van der Waals surface area (Å²) in [5.41, 5.74) is 2.93. The summed E-state index contributed by atoms with van der Waals surface area (Å²) in [5.74, 6) is 1.63. The molecule has 0 unspecified atom stereocenters. The molecule has 1 aliphatic carbocycles. The number of ether oxygens (including phenoxy) is 2. The minimum absolute atomic E-state index is 0.178. The van der Waals surface area contributed by atoms with Crippen molar-refractivity contribution in [3.8, 4) is 11.5 Å². The Balaban J connectivity index is 2.06. The number of rotatable bonds is 3. The Labute approximate surface area is 114 Å². The van der Waals surface area contributed by atoms with Crippen LogP contribution in [0.5, 0.6) is 11.5 Å². The van der Waals surface area contributed by atoms with Gasteiger partial charge in [-0.25, -0.2) is 0 Å². The van der Waals surface area contributed by atoms with Crippen molar-refractivity contribution in [2.75, 3.05) is 20.8 Å². The number of nitrogens with one attached hydrogen (secondary N) is 1. The molecule has 1 aromatic rings. The Kier molecular flexibility index (Phi) is 3.13. The van der Waals surface area contributed by atoms with Crippen molar-refractivity contribution in [1.29, 1.82) is 0 Å². The van der Waals surface area contributed by atoms with Crippen LogP contribution >= 0.6 is 0 Å². The van der Waals surface area contributed by atoms with E-state index in [0.29, 0.717) is 0 Å². The van der Waals surface area contributed by atoms with E-state index < -0.39 is 0 Å². The first kappa shape index (κ1) is 12.4. The minimum atomic E-state index is 0.178. The first-order chi connectivity index (χ1) is 9.30. The molecule has 1 fully saturated rings. The predicted molar refractivity (Wildman–Crippen MR) is 75.8 cm³/mol. The van der Waals surface area contributed by atoms with Crippen LogP contribution in [0, 0.1) is 0 Å². The molecule has 3 rings (SSSR count). The topological polar surface area (TPSA) is 30.5 Å². The fraction of sp³-hybridized carbons (Fsp3) is 0.500. The third kappa shape index (κ3) is 1.88. The molecule has 0 spiro atoms. The maximum Gasteiger partial charge on any atom is 0.161 e. The van der Waals surface area contributed by atoms with Crippen LogP contribution in [0.3, 0.4) is 0 Å². The van der Waals surface area contributed by atoms with E-state index in [9.17, 15) is 0 Å². The predicted octanol–water partition coefficient (Wildman–Crippen LogP) is 3.00. The van der Waals surface area contributed by atoms with Crippen LogP contribution in [-0.4, -0.2) is 20.8 Å². The monoisotopic (exact) mass is 259 g/mol. The molecule has 19 heavy (non-hydrogen) atoms. The average molecular weight is 259 g/mol. The zero-order chi connectivity index (χ0) is 13.3. The zero-order valence-corrected chi connectivity index (χ0v) is 11.7. The summed E-state index contributed by atoms with van der Waals surface area (Å²) < 4.78 is 10.8. The Hall–Kier alpha value is -1.64. The number of fused-ring (bicyclic) bond motifs is 1. The molecule has 0 amide bonds. The van der Waals surface area contributed by atoms with E-state index in [0.717, 1.165) is 18.0 Å². The number of allylic oxidation sites excluding steroid dienone is 2. The summed E-state index contributed by atoms with van der Waals surface area (Å²) in [6.07, 6.45) is 7.22. The van der Waals surface area contributed by atoms with Crippen molar-refractivity contribution in [2.45, 2.75) is 31.1 Å². The largest absolute Gasteiger partial charge is 0.493 e. The molecule has 1 atom stereocenters. The Morgan fingerprint density at radius 2 is 1.95 bits per heavy atom. The highest BCUT2D eigenvalue weighted by molar-refractivity contribution is 5.49.